The zero-order valence-corrected chi connectivity index (χ0v) is 39.9. The van der Waals surface area contributed by atoms with Crippen LogP contribution in [-0.2, 0) is 27.9 Å². The fourth-order valence-electron chi connectivity index (χ4n) is 6.09. The topological polar surface area (TPSA) is 132 Å². The van der Waals surface area contributed by atoms with Crippen molar-refractivity contribution in [3.05, 3.63) is 97.2 Å². The summed E-state index contributed by atoms with van der Waals surface area (Å²) in [6.45, 7) is 3.27. The third-order valence-electron chi connectivity index (χ3n) is 9.75. The van der Waals surface area contributed by atoms with E-state index in [0.29, 0.717) is 13.0 Å². The lowest BCUT2D eigenvalue weighted by molar-refractivity contribution is -0.154. The van der Waals surface area contributed by atoms with Gasteiger partial charge in [-0.25, -0.2) is 4.57 Å². The van der Waals surface area contributed by atoms with Gasteiger partial charge in [0.05, 0.1) is 26.4 Å². The van der Waals surface area contributed by atoms with Crippen molar-refractivity contribution in [2.24, 2.45) is 0 Å². The van der Waals surface area contributed by atoms with Gasteiger partial charge in [-0.1, -0.05) is 175 Å². The molecule has 0 heterocycles. The molecule has 0 bridgehead atoms. The summed E-state index contributed by atoms with van der Waals surface area (Å²) in [5, 5.41) is 18.4. The van der Waals surface area contributed by atoms with Crippen molar-refractivity contribution in [3.63, 3.8) is 0 Å². The van der Waals surface area contributed by atoms with E-state index >= 15 is 0 Å². The minimum Gasteiger partial charge on any atom is -0.457 e. The lowest BCUT2D eigenvalue weighted by Crippen LogP contribution is -2.29. The summed E-state index contributed by atoms with van der Waals surface area (Å²) >= 11 is 0. The van der Waals surface area contributed by atoms with Crippen LogP contribution in [0.5, 0.6) is 0 Å². The summed E-state index contributed by atoms with van der Waals surface area (Å²) in [4.78, 5) is 22.6. The van der Waals surface area contributed by atoms with Gasteiger partial charge in [0.25, 0.3) is 0 Å². The van der Waals surface area contributed by atoms with Gasteiger partial charge in [-0.3, -0.25) is 13.8 Å². The van der Waals surface area contributed by atoms with Crippen LogP contribution < -0.4 is 0 Å². The number of esters is 1. The van der Waals surface area contributed by atoms with Crippen LogP contribution in [0.2, 0.25) is 0 Å². The second-order valence-electron chi connectivity index (χ2n) is 15.7. The average molecular weight is 889 g/mol. The molecule has 62 heavy (non-hydrogen) atoms. The molecule has 0 rings (SSSR count). The maximum atomic E-state index is 12.7. The average Bonchev–Trinajstić information content (AvgIpc) is 3.26. The van der Waals surface area contributed by atoms with E-state index in [0.717, 1.165) is 89.9 Å². The minimum atomic E-state index is -4.54. The molecule has 3 atom stereocenters. The van der Waals surface area contributed by atoms with Gasteiger partial charge in [0, 0.05) is 13.0 Å². The Morgan fingerprint density at radius 2 is 0.919 bits per heavy atom. The predicted molar refractivity (Wildman–Crippen MR) is 260 cm³/mol. The van der Waals surface area contributed by atoms with Gasteiger partial charge < -0.3 is 24.6 Å². The van der Waals surface area contributed by atoms with E-state index in [9.17, 15) is 19.4 Å². The van der Waals surface area contributed by atoms with Crippen LogP contribution >= 0.6 is 7.82 Å². The van der Waals surface area contributed by atoms with E-state index in [4.69, 9.17) is 23.6 Å². The number of aliphatic hydroxyl groups excluding tert-OH is 2. The van der Waals surface area contributed by atoms with Crippen molar-refractivity contribution in [1.29, 1.82) is 0 Å². The number of phosphoric acid groups is 1. The molecule has 356 valence electrons. The highest BCUT2D eigenvalue weighted by Gasteiger charge is 2.26. The maximum Gasteiger partial charge on any atom is 0.472 e. The zero-order chi connectivity index (χ0) is 45.3. The summed E-state index contributed by atoms with van der Waals surface area (Å²) in [6.07, 6.45) is 60.9. The van der Waals surface area contributed by atoms with Crippen molar-refractivity contribution in [1.82, 2.24) is 0 Å². The Morgan fingerprint density at radius 3 is 1.40 bits per heavy atom. The van der Waals surface area contributed by atoms with E-state index in [1.165, 1.54) is 64.2 Å². The number of rotatable bonds is 45. The molecule has 0 fully saturated rings. The fraction of sp³-hybridized carbons (Fsp3) is 0.673. The quantitative estimate of drug-likeness (QED) is 0.0237. The van der Waals surface area contributed by atoms with Crippen molar-refractivity contribution in [2.75, 3.05) is 33.0 Å². The Labute approximate surface area is 378 Å². The lowest BCUT2D eigenvalue weighted by Gasteiger charge is -2.20. The molecule has 0 saturated heterocycles. The first-order valence-corrected chi connectivity index (χ1v) is 25.7. The molecule has 3 unspecified atom stereocenters. The van der Waals surface area contributed by atoms with Crippen molar-refractivity contribution in [3.8, 4) is 0 Å². The van der Waals surface area contributed by atoms with Gasteiger partial charge in [0.1, 0.15) is 12.2 Å². The molecule has 0 aliphatic carbocycles. The van der Waals surface area contributed by atoms with Gasteiger partial charge in [0.15, 0.2) is 0 Å². The smallest absolute Gasteiger partial charge is 0.457 e. The SMILES string of the molecule is CC/C=C\C/C=C\C/C=C\C/C=C\C/C=C\C/C=C\C/C=C\CCCCOCC(COP(=O)(O)OCC(O)CO)OC(=O)CCCCCCCCC/C=C\CCCCCCCC. The van der Waals surface area contributed by atoms with Crippen molar-refractivity contribution < 1.29 is 43.0 Å². The first kappa shape index (κ1) is 59.4. The molecule has 0 aromatic heterocycles. The van der Waals surface area contributed by atoms with Crippen LogP contribution in [0.25, 0.3) is 0 Å². The second-order valence-corrected chi connectivity index (χ2v) is 17.2. The van der Waals surface area contributed by atoms with E-state index < -0.39 is 45.8 Å². The molecule has 10 heteroatoms. The Morgan fingerprint density at radius 1 is 0.516 bits per heavy atom. The van der Waals surface area contributed by atoms with E-state index in [1.807, 2.05) is 0 Å². The third-order valence-corrected chi connectivity index (χ3v) is 10.7. The molecule has 0 radical (unpaired) electrons. The van der Waals surface area contributed by atoms with Crippen LogP contribution in [-0.4, -0.2) is 66.3 Å². The number of hydrogen-bond donors (Lipinski definition) is 3. The van der Waals surface area contributed by atoms with E-state index in [1.54, 1.807) is 0 Å². The Hall–Kier alpha value is -2.62. The predicted octanol–water partition coefficient (Wildman–Crippen LogP) is 14.0. The molecule has 3 N–H and O–H groups in total. The molecule has 0 aliphatic heterocycles. The standard InChI is InChI=1S/C52H89O9P/c1-3-5-7-9-11-13-15-17-19-21-22-23-24-25-26-27-29-31-33-35-37-39-41-43-45-58-48-51(49-60-62(56,57)59-47-50(54)46-53)61-52(55)44-42-40-38-36-34-32-30-28-20-18-16-14-12-10-8-6-4-2/h5,7,11,13,17-20,22-23,25-26,29,31,35,37,50-51,53-54H,3-4,6,8-10,12,14-16,21,24,27-28,30,32-34,36,38-49H2,1-2H3,(H,56,57)/b7-5-,13-11-,19-17-,20-18-,23-22-,26-25-,31-29-,37-35-. The molecular formula is C52H89O9P. The Bertz CT molecular complexity index is 1280. The highest BCUT2D eigenvalue weighted by Crippen LogP contribution is 2.43. The summed E-state index contributed by atoms with van der Waals surface area (Å²) < 4.78 is 33.4. The third kappa shape index (κ3) is 46.9. The lowest BCUT2D eigenvalue weighted by atomic mass is 10.1. The number of allylic oxidation sites excluding steroid dienone is 16. The van der Waals surface area contributed by atoms with Crippen LogP contribution in [0, 0.1) is 0 Å². The van der Waals surface area contributed by atoms with Gasteiger partial charge in [-0.15, -0.1) is 0 Å². The maximum absolute atomic E-state index is 12.7. The second kappa shape index (κ2) is 47.8. The van der Waals surface area contributed by atoms with E-state index in [-0.39, 0.29) is 13.0 Å². The molecule has 9 nitrogen and oxygen atoms in total. The number of phosphoric ester groups is 1. The number of ether oxygens (including phenoxy) is 2. The van der Waals surface area contributed by atoms with E-state index in [2.05, 4.69) is 111 Å². The molecule has 0 aliphatic rings. The number of hydrogen-bond acceptors (Lipinski definition) is 8. The van der Waals surface area contributed by atoms with Gasteiger partial charge in [0.2, 0.25) is 0 Å². The Balaban J connectivity index is 4.24. The molecule has 0 spiro atoms. The summed E-state index contributed by atoms with van der Waals surface area (Å²) in [5.41, 5.74) is 0. The monoisotopic (exact) mass is 889 g/mol. The minimum absolute atomic E-state index is 0.0117. The van der Waals surface area contributed by atoms with Crippen LogP contribution in [0.15, 0.2) is 97.2 Å². The molecule has 0 amide bonds. The highest BCUT2D eigenvalue weighted by molar-refractivity contribution is 7.47. The first-order chi connectivity index (χ1) is 30.3. The normalized spacial score (nSPS) is 14.7. The van der Waals surface area contributed by atoms with Crippen LogP contribution in [0.1, 0.15) is 181 Å². The summed E-state index contributed by atoms with van der Waals surface area (Å²) in [5.74, 6) is -0.406. The molecule has 0 aromatic carbocycles. The Kier molecular flexibility index (Phi) is 45.8. The molecular weight excluding hydrogens is 800 g/mol. The first-order valence-electron chi connectivity index (χ1n) is 24.2. The number of aliphatic hydroxyl groups is 2. The van der Waals surface area contributed by atoms with Gasteiger partial charge >= 0.3 is 13.8 Å². The number of unbranched alkanes of at least 4 members (excludes halogenated alkanes) is 15. The fourth-order valence-corrected chi connectivity index (χ4v) is 6.88. The number of carbonyl (C=O) groups excluding carboxylic acids is 1. The summed E-state index contributed by atoms with van der Waals surface area (Å²) in [7, 11) is -4.54. The van der Waals surface area contributed by atoms with Gasteiger partial charge in [-0.05, 0) is 96.3 Å². The highest BCUT2D eigenvalue weighted by atomic mass is 31.2. The van der Waals surface area contributed by atoms with Crippen LogP contribution in [0.4, 0.5) is 0 Å². The molecule has 0 saturated carbocycles. The van der Waals surface area contributed by atoms with Crippen molar-refractivity contribution in [2.45, 2.75) is 193 Å². The number of carbonyl (C=O) groups is 1. The summed E-state index contributed by atoms with van der Waals surface area (Å²) in [6, 6.07) is 0. The zero-order valence-electron chi connectivity index (χ0n) is 39.1. The van der Waals surface area contributed by atoms with Crippen molar-refractivity contribution >= 4 is 13.8 Å². The van der Waals surface area contributed by atoms with Gasteiger partial charge in [-0.2, -0.15) is 0 Å². The largest absolute Gasteiger partial charge is 0.472 e. The molecule has 0 aromatic rings. The van der Waals surface area contributed by atoms with Crippen LogP contribution in [0.3, 0.4) is 0 Å².